The monoisotopic (exact) mass is 264 g/mol. The molecule has 1 aliphatic heterocycles. The highest BCUT2D eigenvalue weighted by Gasteiger charge is 2.50. The van der Waals surface area contributed by atoms with Crippen molar-refractivity contribution in [3.63, 3.8) is 0 Å². The molecule has 0 bridgehead atoms. The molecule has 106 valence electrons. The van der Waals surface area contributed by atoms with Gasteiger partial charge >= 0.3 is 0 Å². The van der Waals surface area contributed by atoms with Gasteiger partial charge in [-0.3, -0.25) is 9.59 Å². The average molecular weight is 264 g/mol. The molecule has 1 saturated heterocycles. The van der Waals surface area contributed by atoms with Gasteiger partial charge in [0.25, 0.3) is 0 Å². The van der Waals surface area contributed by atoms with Gasteiger partial charge in [-0.15, -0.1) is 0 Å². The molecule has 0 aromatic rings. The maximum Gasteiger partial charge on any atom is 0.246 e. The molecular formula is C15H24N2O2. The molecule has 3 fully saturated rings. The van der Waals surface area contributed by atoms with E-state index in [2.05, 4.69) is 12.2 Å². The molecule has 0 spiro atoms. The van der Waals surface area contributed by atoms with Gasteiger partial charge in [-0.1, -0.05) is 13.8 Å². The number of nitrogens with zero attached hydrogens (tertiary/aromatic N) is 1. The number of piperazine rings is 1. The fourth-order valence-corrected chi connectivity index (χ4v) is 3.36. The van der Waals surface area contributed by atoms with Crippen LogP contribution in [-0.2, 0) is 9.59 Å². The molecule has 0 aromatic carbocycles. The van der Waals surface area contributed by atoms with Crippen LogP contribution in [0, 0.1) is 17.8 Å². The summed E-state index contributed by atoms with van der Waals surface area (Å²) in [6.07, 6.45) is 4.56. The molecule has 3 aliphatic rings. The first-order chi connectivity index (χ1) is 9.00. The number of carbonyl (C=O) groups excluding carboxylic acids is 2. The van der Waals surface area contributed by atoms with Crippen LogP contribution in [0.5, 0.6) is 0 Å². The lowest BCUT2D eigenvalue weighted by Gasteiger charge is -2.44. The molecule has 0 radical (unpaired) electrons. The van der Waals surface area contributed by atoms with Gasteiger partial charge in [0.2, 0.25) is 11.8 Å². The summed E-state index contributed by atoms with van der Waals surface area (Å²) in [6, 6.07) is -0.311. The van der Waals surface area contributed by atoms with Crippen LogP contribution in [0.3, 0.4) is 0 Å². The van der Waals surface area contributed by atoms with Crippen molar-refractivity contribution < 1.29 is 9.59 Å². The SMILES string of the molecule is CC(C)C1C(=O)NC(C2CC2)C(=O)N1C(C)C1CC1. The Morgan fingerprint density at radius 1 is 1.11 bits per heavy atom. The summed E-state index contributed by atoms with van der Waals surface area (Å²) in [5, 5.41) is 2.97. The van der Waals surface area contributed by atoms with Crippen LogP contribution in [0.25, 0.3) is 0 Å². The zero-order valence-corrected chi connectivity index (χ0v) is 12.1. The van der Waals surface area contributed by atoms with Crippen molar-refractivity contribution in [3.8, 4) is 0 Å². The molecule has 4 nitrogen and oxygen atoms in total. The highest BCUT2D eigenvalue weighted by atomic mass is 16.2. The van der Waals surface area contributed by atoms with Crippen LogP contribution in [0.15, 0.2) is 0 Å². The van der Waals surface area contributed by atoms with Crippen molar-refractivity contribution in [2.45, 2.75) is 64.6 Å². The van der Waals surface area contributed by atoms with Crippen molar-refractivity contribution in [3.05, 3.63) is 0 Å². The third-order valence-corrected chi connectivity index (χ3v) is 4.85. The predicted octanol–water partition coefficient (Wildman–Crippen LogP) is 1.55. The lowest BCUT2D eigenvalue weighted by molar-refractivity contribution is -0.155. The molecule has 2 amide bonds. The standard InChI is InChI=1S/C15H24N2O2/c1-8(2)13-14(18)16-12(11-6-7-11)15(19)17(13)9(3)10-4-5-10/h8-13H,4-7H2,1-3H3,(H,16,18). The number of hydrogen-bond acceptors (Lipinski definition) is 2. The first kappa shape index (κ1) is 12.9. The number of amides is 2. The Balaban J connectivity index is 1.86. The second kappa shape index (κ2) is 4.50. The fourth-order valence-electron chi connectivity index (χ4n) is 3.36. The Kier molecular flexibility index (Phi) is 3.06. The summed E-state index contributed by atoms with van der Waals surface area (Å²) >= 11 is 0. The molecule has 3 rings (SSSR count). The van der Waals surface area contributed by atoms with Crippen LogP contribution in [0.4, 0.5) is 0 Å². The van der Waals surface area contributed by atoms with Crippen LogP contribution in [-0.4, -0.2) is 34.8 Å². The summed E-state index contributed by atoms with van der Waals surface area (Å²) in [7, 11) is 0. The van der Waals surface area contributed by atoms with E-state index in [1.54, 1.807) is 0 Å². The molecule has 19 heavy (non-hydrogen) atoms. The molecular weight excluding hydrogens is 240 g/mol. The smallest absolute Gasteiger partial charge is 0.246 e. The summed E-state index contributed by atoms with van der Waals surface area (Å²) in [4.78, 5) is 27.0. The largest absolute Gasteiger partial charge is 0.342 e. The Hall–Kier alpha value is -1.06. The summed E-state index contributed by atoms with van der Waals surface area (Å²) < 4.78 is 0. The number of rotatable bonds is 4. The van der Waals surface area contributed by atoms with E-state index >= 15 is 0 Å². The Bertz CT molecular complexity index is 399. The van der Waals surface area contributed by atoms with Crippen LogP contribution >= 0.6 is 0 Å². The predicted molar refractivity (Wildman–Crippen MR) is 72.3 cm³/mol. The highest BCUT2D eigenvalue weighted by molar-refractivity contribution is 5.97. The van der Waals surface area contributed by atoms with E-state index in [4.69, 9.17) is 0 Å². The molecule has 4 heteroatoms. The Morgan fingerprint density at radius 2 is 1.74 bits per heavy atom. The maximum absolute atomic E-state index is 12.8. The van der Waals surface area contributed by atoms with Gasteiger partial charge in [-0.2, -0.15) is 0 Å². The van der Waals surface area contributed by atoms with Crippen molar-refractivity contribution >= 4 is 11.8 Å². The molecule has 0 aromatic heterocycles. The van der Waals surface area contributed by atoms with Crippen LogP contribution in [0.1, 0.15) is 46.5 Å². The van der Waals surface area contributed by atoms with Gasteiger partial charge in [0.05, 0.1) is 0 Å². The van der Waals surface area contributed by atoms with Crippen molar-refractivity contribution in [2.24, 2.45) is 17.8 Å². The first-order valence-electron chi connectivity index (χ1n) is 7.63. The Labute approximate surface area is 114 Å². The van der Waals surface area contributed by atoms with Gasteiger partial charge in [0.15, 0.2) is 0 Å². The number of nitrogens with one attached hydrogen (secondary N) is 1. The third kappa shape index (κ3) is 2.26. The molecule has 2 saturated carbocycles. The van der Waals surface area contributed by atoms with E-state index in [-0.39, 0.29) is 35.9 Å². The maximum atomic E-state index is 12.8. The van der Waals surface area contributed by atoms with E-state index in [1.165, 1.54) is 12.8 Å². The zero-order chi connectivity index (χ0) is 13.7. The minimum atomic E-state index is -0.280. The van der Waals surface area contributed by atoms with E-state index in [0.717, 1.165) is 12.8 Å². The zero-order valence-electron chi connectivity index (χ0n) is 12.1. The lowest BCUT2D eigenvalue weighted by Crippen LogP contribution is -2.67. The van der Waals surface area contributed by atoms with E-state index in [0.29, 0.717) is 11.8 Å². The summed E-state index contributed by atoms with van der Waals surface area (Å²) in [6.45, 7) is 6.18. The minimum absolute atomic E-state index is 0.0546. The van der Waals surface area contributed by atoms with Crippen LogP contribution < -0.4 is 5.32 Å². The van der Waals surface area contributed by atoms with Gasteiger partial charge in [0, 0.05) is 6.04 Å². The second-order valence-electron chi connectivity index (χ2n) is 6.84. The summed E-state index contributed by atoms with van der Waals surface area (Å²) in [5.41, 5.74) is 0. The van der Waals surface area contributed by atoms with Gasteiger partial charge in [-0.05, 0) is 50.4 Å². The number of hydrogen-bond donors (Lipinski definition) is 1. The third-order valence-electron chi connectivity index (χ3n) is 4.85. The van der Waals surface area contributed by atoms with Crippen LogP contribution in [0.2, 0.25) is 0 Å². The summed E-state index contributed by atoms with van der Waals surface area (Å²) in [5.74, 6) is 1.39. The molecule has 2 aliphatic carbocycles. The number of carbonyl (C=O) groups is 2. The Morgan fingerprint density at radius 3 is 2.21 bits per heavy atom. The van der Waals surface area contributed by atoms with Crippen molar-refractivity contribution in [2.75, 3.05) is 0 Å². The second-order valence-corrected chi connectivity index (χ2v) is 6.84. The quantitative estimate of drug-likeness (QED) is 0.837. The van der Waals surface area contributed by atoms with Gasteiger partial charge < -0.3 is 10.2 Å². The highest BCUT2D eigenvalue weighted by Crippen LogP contribution is 2.40. The van der Waals surface area contributed by atoms with E-state index < -0.39 is 0 Å². The first-order valence-corrected chi connectivity index (χ1v) is 7.63. The average Bonchev–Trinajstić information content (AvgIpc) is 3.21. The lowest BCUT2D eigenvalue weighted by atomic mass is 9.93. The molecule has 1 heterocycles. The van der Waals surface area contributed by atoms with Gasteiger partial charge in [0.1, 0.15) is 12.1 Å². The molecule has 1 N–H and O–H groups in total. The normalized spacial score (nSPS) is 33.6. The van der Waals surface area contributed by atoms with Crippen molar-refractivity contribution in [1.29, 1.82) is 0 Å². The molecule has 3 atom stereocenters. The topological polar surface area (TPSA) is 49.4 Å². The minimum Gasteiger partial charge on any atom is -0.342 e. The fraction of sp³-hybridized carbons (Fsp3) is 0.867. The van der Waals surface area contributed by atoms with Gasteiger partial charge in [-0.25, -0.2) is 0 Å². The van der Waals surface area contributed by atoms with E-state index in [1.807, 2.05) is 18.7 Å². The van der Waals surface area contributed by atoms with E-state index in [9.17, 15) is 9.59 Å². The van der Waals surface area contributed by atoms with Crippen molar-refractivity contribution in [1.82, 2.24) is 10.2 Å². The molecule has 3 unspecified atom stereocenters.